The predicted octanol–water partition coefficient (Wildman–Crippen LogP) is 3.70. The van der Waals surface area contributed by atoms with Crippen LogP contribution in [0.2, 0.25) is 0 Å². The maximum Gasteiger partial charge on any atom is 0.266 e. The summed E-state index contributed by atoms with van der Waals surface area (Å²) in [7, 11) is 0. The first-order valence-corrected chi connectivity index (χ1v) is 8.41. The van der Waals surface area contributed by atoms with Gasteiger partial charge in [-0.25, -0.2) is 4.98 Å². The van der Waals surface area contributed by atoms with Gasteiger partial charge in [0.15, 0.2) is 0 Å². The number of aryl methyl sites for hydroxylation is 1. The monoisotopic (exact) mass is 305 g/mol. The number of hydrogen-bond acceptors (Lipinski definition) is 4. The van der Waals surface area contributed by atoms with E-state index in [-0.39, 0.29) is 5.91 Å². The van der Waals surface area contributed by atoms with E-state index in [1.165, 1.54) is 11.3 Å². The number of aromatic nitrogens is 1. The summed E-state index contributed by atoms with van der Waals surface area (Å²) in [4.78, 5) is 20.4. The first kappa shape index (κ1) is 15.8. The first-order valence-electron chi connectivity index (χ1n) is 7.59. The van der Waals surface area contributed by atoms with Gasteiger partial charge in [0.25, 0.3) is 5.91 Å². The zero-order valence-electron chi connectivity index (χ0n) is 13.0. The van der Waals surface area contributed by atoms with E-state index in [9.17, 15) is 4.79 Å². The molecule has 2 aromatic rings. The predicted molar refractivity (Wildman–Crippen MR) is 89.9 cm³/mol. The molecule has 0 saturated carbocycles. The van der Waals surface area contributed by atoms with E-state index >= 15 is 0 Å². The molecule has 5 heteroatoms. The smallest absolute Gasteiger partial charge is 0.266 e. The molecule has 0 aliphatic carbocycles. The van der Waals surface area contributed by atoms with Gasteiger partial charge >= 0.3 is 0 Å². The average molecular weight is 305 g/mol. The molecule has 4 nitrogen and oxygen atoms in total. The Bertz CT molecular complexity index is 632. The number of rotatable bonds is 6. The minimum Gasteiger partial charge on any atom is -0.397 e. The van der Waals surface area contributed by atoms with Gasteiger partial charge in [-0.15, -0.1) is 11.3 Å². The highest BCUT2D eigenvalue weighted by Crippen LogP contribution is 2.33. The number of nitrogens with zero attached hydrogens (tertiary/aromatic N) is 2. The molecule has 2 heterocycles. The van der Waals surface area contributed by atoms with Crippen LogP contribution in [0.3, 0.4) is 0 Å². The highest BCUT2D eigenvalue weighted by atomic mass is 32.1. The SMILES string of the molecule is CCCCc1ccc2c(N)c(C(=O)N(CC)CC)sc2n1. The van der Waals surface area contributed by atoms with E-state index in [0.29, 0.717) is 23.7 Å². The number of pyridine rings is 1. The van der Waals surface area contributed by atoms with E-state index in [1.54, 1.807) is 4.90 Å². The van der Waals surface area contributed by atoms with Crippen molar-refractivity contribution >= 4 is 33.1 Å². The van der Waals surface area contributed by atoms with Crippen LogP contribution in [0.25, 0.3) is 10.2 Å². The van der Waals surface area contributed by atoms with Crippen LogP contribution in [0.5, 0.6) is 0 Å². The van der Waals surface area contributed by atoms with Crippen molar-refractivity contribution in [2.45, 2.75) is 40.0 Å². The Hall–Kier alpha value is -1.62. The molecule has 0 spiro atoms. The van der Waals surface area contributed by atoms with E-state index in [0.717, 1.165) is 35.2 Å². The molecule has 2 N–H and O–H groups in total. The fourth-order valence-corrected chi connectivity index (χ4v) is 3.43. The van der Waals surface area contributed by atoms with Crippen molar-refractivity contribution in [3.8, 4) is 0 Å². The number of anilines is 1. The summed E-state index contributed by atoms with van der Waals surface area (Å²) in [6.45, 7) is 7.51. The van der Waals surface area contributed by atoms with Crippen molar-refractivity contribution in [3.63, 3.8) is 0 Å². The van der Waals surface area contributed by atoms with Gasteiger partial charge < -0.3 is 10.6 Å². The number of nitrogens with two attached hydrogens (primary N) is 1. The number of carbonyl (C=O) groups excluding carboxylic acids is 1. The summed E-state index contributed by atoms with van der Waals surface area (Å²) < 4.78 is 0. The molecule has 0 aliphatic heterocycles. The Balaban J connectivity index is 2.38. The molecule has 0 saturated heterocycles. The van der Waals surface area contributed by atoms with Crippen LogP contribution in [-0.4, -0.2) is 28.9 Å². The van der Waals surface area contributed by atoms with Gasteiger partial charge in [-0.2, -0.15) is 0 Å². The van der Waals surface area contributed by atoms with Gasteiger partial charge in [-0.05, 0) is 38.8 Å². The molecule has 1 amide bonds. The van der Waals surface area contributed by atoms with Gasteiger partial charge in [0.2, 0.25) is 0 Å². The van der Waals surface area contributed by atoms with Crippen molar-refractivity contribution in [2.24, 2.45) is 0 Å². The fraction of sp³-hybridized carbons (Fsp3) is 0.500. The van der Waals surface area contributed by atoms with E-state index < -0.39 is 0 Å². The summed E-state index contributed by atoms with van der Waals surface area (Å²) in [6.07, 6.45) is 3.26. The molecule has 0 radical (unpaired) electrons. The average Bonchev–Trinajstić information content (AvgIpc) is 2.83. The molecule has 2 aromatic heterocycles. The zero-order chi connectivity index (χ0) is 15.4. The van der Waals surface area contributed by atoms with Gasteiger partial charge in [0.1, 0.15) is 9.71 Å². The molecule has 0 fully saturated rings. The molecule has 0 aromatic carbocycles. The van der Waals surface area contributed by atoms with Crippen molar-refractivity contribution in [3.05, 3.63) is 22.7 Å². The molecule has 0 unspecified atom stereocenters. The number of unbranched alkanes of at least 4 members (excludes halogenated alkanes) is 1. The van der Waals surface area contributed by atoms with E-state index in [4.69, 9.17) is 5.73 Å². The second-order valence-electron chi connectivity index (χ2n) is 5.08. The van der Waals surface area contributed by atoms with Crippen LogP contribution in [0, 0.1) is 0 Å². The lowest BCUT2D eigenvalue weighted by Crippen LogP contribution is -2.30. The Morgan fingerprint density at radius 1 is 1.29 bits per heavy atom. The van der Waals surface area contributed by atoms with Crippen molar-refractivity contribution in [1.82, 2.24) is 9.88 Å². The first-order chi connectivity index (χ1) is 10.1. The van der Waals surface area contributed by atoms with E-state index in [2.05, 4.69) is 11.9 Å². The number of hydrogen-bond donors (Lipinski definition) is 1. The number of nitrogen functional groups attached to an aromatic ring is 1. The Kier molecular flexibility index (Phi) is 5.17. The Labute approximate surface area is 130 Å². The molecule has 0 bridgehead atoms. The van der Waals surface area contributed by atoms with E-state index in [1.807, 2.05) is 26.0 Å². The largest absolute Gasteiger partial charge is 0.397 e. The summed E-state index contributed by atoms with van der Waals surface area (Å²) in [5.74, 6) is 0.00982. The van der Waals surface area contributed by atoms with Gasteiger partial charge in [-0.3, -0.25) is 4.79 Å². The number of amides is 1. The molecular formula is C16H23N3OS. The lowest BCUT2D eigenvalue weighted by atomic mass is 10.1. The van der Waals surface area contributed by atoms with Gasteiger partial charge in [0.05, 0.1) is 5.69 Å². The minimum absolute atomic E-state index is 0.00982. The second-order valence-corrected chi connectivity index (χ2v) is 6.08. The molecular weight excluding hydrogens is 282 g/mol. The lowest BCUT2D eigenvalue weighted by molar-refractivity contribution is 0.0779. The quantitative estimate of drug-likeness (QED) is 0.885. The molecule has 114 valence electrons. The topological polar surface area (TPSA) is 59.2 Å². The Morgan fingerprint density at radius 2 is 2.00 bits per heavy atom. The molecule has 0 atom stereocenters. The zero-order valence-corrected chi connectivity index (χ0v) is 13.8. The van der Waals surface area contributed by atoms with Crippen molar-refractivity contribution < 1.29 is 4.79 Å². The summed E-state index contributed by atoms with van der Waals surface area (Å²) in [6, 6.07) is 4.02. The van der Waals surface area contributed by atoms with Crippen LogP contribution in [0.15, 0.2) is 12.1 Å². The second kappa shape index (κ2) is 6.89. The van der Waals surface area contributed by atoms with Gasteiger partial charge in [-0.1, -0.05) is 13.3 Å². The van der Waals surface area contributed by atoms with Crippen molar-refractivity contribution in [2.75, 3.05) is 18.8 Å². The maximum atomic E-state index is 12.5. The number of thiophene rings is 1. The van der Waals surface area contributed by atoms with Crippen LogP contribution in [-0.2, 0) is 6.42 Å². The van der Waals surface area contributed by atoms with Crippen LogP contribution < -0.4 is 5.73 Å². The molecule has 21 heavy (non-hydrogen) atoms. The highest BCUT2D eigenvalue weighted by molar-refractivity contribution is 7.21. The van der Waals surface area contributed by atoms with Gasteiger partial charge in [0, 0.05) is 24.2 Å². The lowest BCUT2D eigenvalue weighted by Gasteiger charge is -2.17. The van der Waals surface area contributed by atoms with Crippen molar-refractivity contribution in [1.29, 1.82) is 0 Å². The molecule has 0 aliphatic rings. The summed E-state index contributed by atoms with van der Waals surface area (Å²) in [5, 5.41) is 0.899. The summed E-state index contributed by atoms with van der Waals surface area (Å²) in [5.41, 5.74) is 7.81. The normalized spacial score (nSPS) is 11.0. The third-order valence-electron chi connectivity index (χ3n) is 3.68. The number of carbonyl (C=O) groups is 1. The molecule has 2 rings (SSSR count). The van der Waals surface area contributed by atoms with Crippen LogP contribution in [0.1, 0.15) is 49.0 Å². The minimum atomic E-state index is 0.00982. The Morgan fingerprint density at radius 3 is 2.62 bits per heavy atom. The maximum absolute atomic E-state index is 12.5. The van der Waals surface area contributed by atoms with Crippen LogP contribution in [0.4, 0.5) is 5.69 Å². The fourth-order valence-electron chi connectivity index (χ4n) is 2.35. The van der Waals surface area contributed by atoms with Crippen LogP contribution >= 0.6 is 11.3 Å². The standard InChI is InChI=1S/C16H23N3OS/c1-4-7-8-11-9-10-12-13(17)14(21-15(12)18-11)16(20)19(5-2)6-3/h9-10H,4-8,17H2,1-3H3. The third-order valence-corrected chi connectivity index (χ3v) is 4.79. The summed E-state index contributed by atoms with van der Waals surface area (Å²) >= 11 is 1.41. The highest BCUT2D eigenvalue weighted by Gasteiger charge is 2.20. The third kappa shape index (κ3) is 3.18. The number of fused-ring (bicyclic) bond motifs is 1.